The van der Waals surface area contributed by atoms with E-state index in [4.69, 9.17) is 15.6 Å². The number of ether oxygens (including phenoxy) is 1. The molecule has 0 saturated carbocycles. The number of para-hydroxylation sites is 1. The zero-order valence-corrected chi connectivity index (χ0v) is 9.30. The van der Waals surface area contributed by atoms with Gasteiger partial charge >= 0.3 is 5.97 Å². The number of rotatable bonds is 3. The average molecular weight is 237 g/mol. The Bertz CT molecular complexity index is 434. The molecule has 2 atom stereocenters. The fourth-order valence-electron chi connectivity index (χ4n) is 2.33. The summed E-state index contributed by atoms with van der Waals surface area (Å²) in [4.78, 5) is 11.0. The summed E-state index contributed by atoms with van der Waals surface area (Å²) in [7, 11) is 0. The van der Waals surface area contributed by atoms with E-state index >= 15 is 0 Å². The number of aliphatic carboxylic acids is 1. The predicted molar refractivity (Wildman–Crippen MR) is 60.9 cm³/mol. The van der Waals surface area contributed by atoms with E-state index in [1.807, 2.05) is 0 Å². The van der Waals surface area contributed by atoms with E-state index < -0.39 is 17.5 Å². The summed E-state index contributed by atoms with van der Waals surface area (Å²) in [5.41, 5.74) is 5.43. The van der Waals surface area contributed by atoms with E-state index in [2.05, 4.69) is 0 Å². The van der Waals surface area contributed by atoms with Crippen molar-refractivity contribution >= 4 is 5.97 Å². The second-order valence-electron chi connectivity index (χ2n) is 4.20. The Hall–Kier alpha value is -1.59. The van der Waals surface area contributed by atoms with Gasteiger partial charge in [-0.2, -0.15) is 0 Å². The number of aliphatic hydroxyl groups is 1. The molecule has 1 aromatic carbocycles. The third-order valence-corrected chi connectivity index (χ3v) is 3.35. The Balaban J connectivity index is 2.53. The van der Waals surface area contributed by atoms with Crippen molar-refractivity contribution in [1.82, 2.24) is 0 Å². The van der Waals surface area contributed by atoms with Crippen LogP contribution < -0.4 is 10.5 Å². The maximum Gasteiger partial charge on any atom is 0.333 e. The number of fused-ring (bicyclic) bond motifs is 1. The zero-order chi connectivity index (χ0) is 12.5. The van der Waals surface area contributed by atoms with Crippen molar-refractivity contribution in [2.75, 3.05) is 13.2 Å². The van der Waals surface area contributed by atoms with Crippen LogP contribution in [0.2, 0.25) is 0 Å². The van der Waals surface area contributed by atoms with Crippen molar-refractivity contribution < 1.29 is 19.7 Å². The molecule has 5 heteroatoms. The molecule has 5 nitrogen and oxygen atoms in total. The topological polar surface area (TPSA) is 92.8 Å². The Kier molecular flexibility index (Phi) is 3.04. The van der Waals surface area contributed by atoms with E-state index in [9.17, 15) is 9.90 Å². The molecule has 1 aliphatic heterocycles. The summed E-state index contributed by atoms with van der Waals surface area (Å²) in [6, 6.07) is 7.10. The number of nitrogens with two attached hydrogens (primary N) is 1. The van der Waals surface area contributed by atoms with Crippen LogP contribution in [0.5, 0.6) is 5.75 Å². The van der Waals surface area contributed by atoms with Gasteiger partial charge in [0.25, 0.3) is 0 Å². The molecule has 1 heterocycles. The Morgan fingerprint density at radius 1 is 1.53 bits per heavy atom. The van der Waals surface area contributed by atoms with E-state index in [0.717, 1.165) is 0 Å². The lowest BCUT2D eigenvalue weighted by molar-refractivity contribution is -0.151. The van der Waals surface area contributed by atoms with Crippen molar-refractivity contribution in [2.45, 2.75) is 17.9 Å². The highest BCUT2D eigenvalue weighted by atomic mass is 16.5. The van der Waals surface area contributed by atoms with Crippen LogP contribution in [0.25, 0.3) is 0 Å². The van der Waals surface area contributed by atoms with Crippen molar-refractivity contribution in [3.8, 4) is 5.75 Å². The van der Waals surface area contributed by atoms with Gasteiger partial charge in [-0.25, -0.2) is 4.79 Å². The molecule has 0 saturated heterocycles. The van der Waals surface area contributed by atoms with Crippen LogP contribution in [-0.2, 0) is 10.2 Å². The normalized spacial score (nSPS) is 24.6. The maximum absolute atomic E-state index is 11.0. The number of carboxylic acid groups (broad SMARTS) is 1. The standard InChI is InChI=1S/C12H15NO4/c13-7-12(10(14)11(15)16)5-6-17-9-4-2-1-3-8(9)12/h1-4,10,14H,5-7,13H2,(H,15,16). The smallest absolute Gasteiger partial charge is 0.333 e. The van der Waals surface area contributed by atoms with E-state index in [-0.39, 0.29) is 6.54 Å². The monoisotopic (exact) mass is 237 g/mol. The van der Waals surface area contributed by atoms with Gasteiger partial charge in [0.1, 0.15) is 5.75 Å². The lowest BCUT2D eigenvalue weighted by Crippen LogP contribution is -2.52. The first-order valence-corrected chi connectivity index (χ1v) is 5.45. The molecule has 92 valence electrons. The largest absolute Gasteiger partial charge is 0.493 e. The van der Waals surface area contributed by atoms with E-state index in [1.165, 1.54) is 0 Å². The van der Waals surface area contributed by atoms with Crippen molar-refractivity contribution in [3.63, 3.8) is 0 Å². The molecule has 0 radical (unpaired) electrons. The van der Waals surface area contributed by atoms with Gasteiger partial charge in [0.15, 0.2) is 6.10 Å². The number of hydrogen-bond donors (Lipinski definition) is 3. The summed E-state index contributed by atoms with van der Waals surface area (Å²) >= 11 is 0. The first-order valence-electron chi connectivity index (χ1n) is 5.45. The molecule has 1 aliphatic rings. The molecule has 0 aliphatic carbocycles. The first kappa shape index (κ1) is 11.9. The highest BCUT2D eigenvalue weighted by Gasteiger charge is 2.46. The maximum atomic E-state index is 11.0. The van der Waals surface area contributed by atoms with Crippen LogP contribution in [0.4, 0.5) is 0 Å². The van der Waals surface area contributed by atoms with E-state index in [1.54, 1.807) is 24.3 Å². The van der Waals surface area contributed by atoms with E-state index in [0.29, 0.717) is 24.3 Å². The van der Waals surface area contributed by atoms with Crippen molar-refractivity contribution in [1.29, 1.82) is 0 Å². The third kappa shape index (κ3) is 1.77. The summed E-state index contributed by atoms with van der Waals surface area (Å²) in [5, 5.41) is 18.9. The van der Waals surface area contributed by atoms with Gasteiger partial charge in [0, 0.05) is 12.1 Å². The summed E-state index contributed by atoms with van der Waals surface area (Å²) < 4.78 is 5.45. The second kappa shape index (κ2) is 4.35. The minimum atomic E-state index is -1.52. The van der Waals surface area contributed by atoms with Crippen LogP contribution in [0.3, 0.4) is 0 Å². The third-order valence-electron chi connectivity index (χ3n) is 3.35. The number of hydrogen-bond acceptors (Lipinski definition) is 4. The molecule has 0 amide bonds. The number of benzene rings is 1. The van der Waals surface area contributed by atoms with Crippen LogP contribution in [-0.4, -0.2) is 35.4 Å². The fraction of sp³-hybridized carbons (Fsp3) is 0.417. The molecule has 2 rings (SSSR count). The quantitative estimate of drug-likeness (QED) is 0.694. The van der Waals surface area contributed by atoms with Gasteiger partial charge in [0.2, 0.25) is 0 Å². The summed E-state index contributed by atoms with van der Waals surface area (Å²) in [5.74, 6) is -0.656. The van der Waals surface area contributed by atoms with Crippen molar-refractivity contribution in [3.05, 3.63) is 29.8 Å². The molecule has 0 bridgehead atoms. The summed E-state index contributed by atoms with van der Waals surface area (Å²) in [6.45, 7) is 0.430. The van der Waals surface area contributed by atoms with Crippen LogP contribution in [0.1, 0.15) is 12.0 Å². The Labute approximate surface area is 98.8 Å². The Morgan fingerprint density at radius 3 is 2.88 bits per heavy atom. The highest BCUT2D eigenvalue weighted by molar-refractivity contribution is 5.75. The molecule has 0 fully saturated rings. The molecule has 0 aromatic heterocycles. The zero-order valence-electron chi connectivity index (χ0n) is 9.30. The fourth-order valence-corrected chi connectivity index (χ4v) is 2.33. The van der Waals surface area contributed by atoms with Gasteiger partial charge in [-0.05, 0) is 12.5 Å². The molecule has 0 spiro atoms. The first-order chi connectivity index (χ1) is 8.12. The van der Waals surface area contributed by atoms with Gasteiger partial charge in [-0.1, -0.05) is 18.2 Å². The number of carbonyl (C=O) groups is 1. The van der Waals surface area contributed by atoms with Crippen LogP contribution in [0, 0.1) is 0 Å². The number of aliphatic hydroxyl groups excluding tert-OH is 1. The van der Waals surface area contributed by atoms with Gasteiger partial charge in [-0.3, -0.25) is 0 Å². The highest BCUT2D eigenvalue weighted by Crippen LogP contribution is 2.40. The minimum Gasteiger partial charge on any atom is -0.493 e. The molecule has 1 aromatic rings. The minimum absolute atomic E-state index is 0.0703. The lowest BCUT2D eigenvalue weighted by Gasteiger charge is -2.39. The SMILES string of the molecule is NCC1(C(O)C(=O)O)CCOc2ccccc21. The molecular formula is C12H15NO4. The average Bonchev–Trinajstić information content (AvgIpc) is 2.37. The lowest BCUT2D eigenvalue weighted by atomic mass is 9.71. The molecule has 2 unspecified atom stereocenters. The van der Waals surface area contributed by atoms with Crippen LogP contribution in [0.15, 0.2) is 24.3 Å². The van der Waals surface area contributed by atoms with Gasteiger partial charge in [-0.15, -0.1) is 0 Å². The molecular weight excluding hydrogens is 222 g/mol. The molecule has 4 N–H and O–H groups in total. The summed E-state index contributed by atoms with van der Waals surface area (Å²) in [6.07, 6.45) is -1.12. The van der Waals surface area contributed by atoms with Crippen molar-refractivity contribution in [2.24, 2.45) is 5.73 Å². The van der Waals surface area contributed by atoms with Gasteiger partial charge in [0.05, 0.1) is 12.0 Å². The Morgan fingerprint density at radius 2 is 2.24 bits per heavy atom. The van der Waals surface area contributed by atoms with Crippen LogP contribution >= 0.6 is 0 Å². The predicted octanol–water partition coefficient (Wildman–Crippen LogP) is 0.111. The number of carboxylic acids is 1. The van der Waals surface area contributed by atoms with Gasteiger partial charge < -0.3 is 20.7 Å². The second-order valence-corrected chi connectivity index (χ2v) is 4.20. The molecule has 17 heavy (non-hydrogen) atoms.